The van der Waals surface area contributed by atoms with Gasteiger partial charge in [0.15, 0.2) is 9.84 Å². The van der Waals surface area contributed by atoms with E-state index in [0.717, 1.165) is 0 Å². The van der Waals surface area contributed by atoms with Gasteiger partial charge in [0.25, 0.3) is 0 Å². The zero-order valence-electron chi connectivity index (χ0n) is 8.27. The van der Waals surface area contributed by atoms with Crippen LogP contribution in [0.15, 0.2) is 0 Å². The summed E-state index contributed by atoms with van der Waals surface area (Å²) in [6.45, 7) is -0.269. The minimum absolute atomic E-state index is 0.134. The molecule has 0 spiro atoms. The summed E-state index contributed by atoms with van der Waals surface area (Å²) in [4.78, 5) is 0. The Kier molecular flexibility index (Phi) is 7.91. The van der Waals surface area contributed by atoms with E-state index < -0.39 is 20.6 Å². The summed E-state index contributed by atoms with van der Waals surface area (Å²) in [6, 6.07) is 0. The van der Waals surface area contributed by atoms with Gasteiger partial charge in [-0.2, -0.15) is 0 Å². The average molecular weight is 279 g/mol. The summed E-state index contributed by atoms with van der Waals surface area (Å²) in [6.07, 6.45) is 0.488. The van der Waals surface area contributed by atoms with E-state index in [9.17, 15) is 8.42 Å². The lowest BCUT2D eigenvalue weighted by molar-refractivity contribution is 0.288. The van der Waals surface area contributed by atoms with Crippen molar-refractivity contribution < 1.29 is 18.6 Å². The predicted octanol–water partition coefficient (Wildman–Crippen LogP) is 0.381. The first-order chi connectivity index (χ1) is 6.91. The van der Waals surface area contributed by atoms with E-state index in [2.05, 4.69) is 0 Å². The maximum absolute atomic E-state index is 11.5. The SMILES string of the molecule is O=S(=O)(CC(Cl)CCO)CC(Cl)CCO. The third-order valence-corrected chi connectivity index (χ3v) is 4.69. The standard InChI is InChI=1S/C8H16Cl2O4S/c9-7(1-3-11)5-15(13,14)6-8(10)2-4-12/h7-8,11-12H,1-6H2. The van der Waals surface area contributed by atoms with E-state index >= 15 is 0 Å². The molecule has 0 aliphatic rings. The Morgan fingerprint density at radius 2 is 1.27 bits per heavy atom. The Bertz CT molecular complexity index is 235. The molecule has 0 aromatic heterocycles. The molecule has 0 amide bonds. The van der Waals surface area contributed by atoms with Crippen molar-refractivity contribution in [3.8, 4) is 0 Å². The van der Waals surface area contributed by atoms with Crippen LogP contribution < -0.4 is 0 Å². The molecule has 7 heteroatoms. The van der Waals surface area contributed by atoms with Crippen molar-refractivity contribution in [2.75, 3.05) is 24.7 Å². The lowest BCUT2D eigenvalue weighted by Crippen LogP contribution is -2.25. The number of alkyl halides is 2. The molecule has 2 atom stereocenters. The first-order valence-corrected chi connectivity index (χ1v) is 7.31. The fraction of sp³-hybridized carbons (Fsp3) is 1.00. The van der Waals surface area contributed by atoms with Crippen molar-refractivity contribution in [1.82, 2.24) is 0 Å². The Morgan fingerprint density at radius 3 is 1.53 bits per heavy atom. The van der Waals surface area contributed by atoms with Crippen LogP contribution in [-0.2, 0) is 9.84 Å². The highest BCUT2D eigenvalue weighted by Gasteiger charge is 2.20. The predicted molar refractivity (Wildman–Crippen MR) is 61.3 cm³/mol. The van der Waals surface area contributed by atoms with Crippen LogP contribution in [0.3, 0.4) is 0 Å². The van der Waals surface area contributed by atoms with Gasteiger partial charge in [0.2, 0.25) is 0 Å². The first-order valence-electron chi connectivity index (χ1n) is 4.61. The molecule has 2 N–H and O–H groups in total. The van der Waals surface area contributed by atoms with Crippen molar-refractivity contribution in [3.63, 3.8) is 0 Å². The molecule has 15 heavy (non-hydrogen) atoms. The number of halogens is 2. The highest BCUT2D eigenvalue weighted by atomic mass is 35.5. The summed E-state index contributed by atoms with van der Waals surface area (Å²) in [5, 5.41) is 16.0. The van der Waals surface area contributed by atoms with Crippen molar-refractivity contribution in [1.29, 1.82) is 0 Å². The van der Waals surface area contributed by atoms with E-state index in [1.165, 1.54) is 0 Å². The molecular formula is C8H16Cl2O4S. The Morgan fingerprint density at radius 1 is 0.933 bits per heavy atom. The van der Waals surface area contributed by atoms with Gasteiger partial charge in [-0.1, -0.05) is 0 Å². The minimum Gasteiger partial charge on any atom is -0.396 e. The number of hydrogen-bond donors (Lipinski definition) is 2. The van der Waals surface area contributed by atoms with Crippen LogP contribution >= 0.6 is 23.2 Å². The lowest BCUT2D eigenvalue weighted by atomic mass is 10.3. The zero-order chi connectivity index (χ0) is 11.9. The number of hydrogen-bond acceptors (Lipinski definition) is 4. The van der Waals surface area contributed by atoms with Crippen molar-refractivity contribution >= 4 is 33.0 Å². The average Bonchev–Trinajstić information content (AvgIpc) is 2.01. The minimum atomic E-state index is -3.31. The molecule has 0 heterocycles. The Labute approximate surface area is 100 Å². The Hall–Kier alpha value is 0.450. The molecule has 0 bridgehead atoms. The van der Waals surface area contributed by atoms with E-state index in [-0.39, 0.29) is 37.6 Å². The molecule has 92 valence electrons. The van der Waals surface area contributed by atoms with Gasteiger partial charge < -0.3 is 10.2 Å². The molecule has 0 aromatic rings. The Balaban J connectivity index is 4.07. The van der Waals surface area contributed by atoms with Crippen molar-refractivity contribution in [2.24, 2.45) is 0 Å². The maximum Gasteiger partial charge on any atom is 0.153 e. The summed E-state index contributed by atoms with van der Waals surface area (Å²) in [5.41, 5.74) is 0. The third kappa shape index (κ3) is 8.28. The second kappa shape index (κ2) is 7.68. The van der Waals surface area contributed by atoms with Gasteiger partial charge in [-0.15, -0.1) is 23.2 Å². The van der Waals surface area contributed by atoms with Gasteiger partial charge in [-0.25, -0.2) is 8.42 Å². The van der Waals surface area contributed by atoms with Crippen LogP contribution in [0.5, 0.6) is 0 Å². The molecule has 0 aliphatic carbocycles. The van der Waals surface area contributed by atoms with Crippen LogP contribution in [0.25, 0.3) is 0 Å². The molecule has 0 aliphatic heterocycles. The van der Waals surface area contributed by atoms with Gasteiger partial charge in [-0.3, -0.25) is 0 Å². The highest BCUT2D eigenvalue weighted by Crippen LogP contribution is 2.11. The number of aliphatic hydroxyl groups excluding tert-OH is 2. The van der Waals surface area contributed by atoms with E-state index in [0.29, 0.717) is 0 Å². The normalized spacial score (nSPS) is 16.3. The number of sulfone groups is 1. The summed E-state index contributed by atoms with van der Waals surface area (Å²) in [7, 11) is -3.31. The van der Waals surface area contributed by atoms with Crippen LogP contribution in [0.4, 0.5) is 0 Å². The van der Waals surface area contributed by atoms with Gasteiger partial charge in [0, 0.05) is 24.0 Å². The van der Waals surface area contributed by atoms with Crippen LogP contribution in [0.2, 0.25) is 0 Å². The quantitative estimate of drug-likeness (QED) is 0.630. The molecule has 2 unspecified atom stereocenters. The van der Waals surface area contributed by atoms with Crippen molar-refractivity contribution in [3.05, 3.63) is 0 Å². The molecule has 0 fully saturated rings. The molecule has 0 saturated heterocycles. The van der Waals surface area contributed by atoms with Crippen LogP contribution in [-0.4, -0.2) is 54.1 Å². The summed E-state index contributed by atoms with van der Waals surface area (Å²) >= 11 is 11.4. The maximum atomic E-state index is 11.5. The number of aliphatic hydroxyl groups is 2. The third-order valence-electron chi connectivity index (χ3n) is 1.75. The van der Waals surface area contributed by atoms with Crippen LogP contribution in [0.1, 0.15) is 12.8 Å². The molecular weight excluding hydrogens is 263 g/mol. The van der Waals surface area contributed by atoms with Gasteiger partial charge >= 0.3 is 0 Å². The van der Waals surface area contributed by atoms with Gasteiger partial charge in [0.05, 0.1) is 11.5 Å². The summed E-state index contributed by atoms with van der Waals surface area (Å²) < 4.78 is 22.9. The topological polar surface area (TPSA) is 74.6 Å². The van der Waals surface area contributed by atoms with E-state index in [1.54, 1.807) is 0 Å². The number of rotatable bonds is 8. The van der Waals surface area contributed by atoms with E-state index in [1.807, 2.05) is 0 Å². The lowest BCUT2D eigenvalue weighted by Gasteiger charge is -2.11. The molecule has 0 radical (unpaired) electrons. The molecule has 4 nitrogen and oxygen atoms in total. The fourth-order valence-electron chi connectivity index (χ4n) is 1.07. The molecule has 0 saturated carbocycles. The zero-order valence-corrected chi connectivity index (χ0v) is 10.6. The van der Waals surface area contributed by atoms with Crippen molar-refractivity contribution in [2.45, 2.75) is 23.6 Å². The second-order valence-electron chi connectivity index (χ2n) is 3.30. The fourth-order valence-corrected chi connectivity index (χ4v) is 3.98. The molecule has 0 aromatic carbocycles. The highest BCUT2D eigenvalue weighted by molar-refractivity contribution is 7.91. The second-order valence-corrected chi connectivity index (χ2v) is 6.68. The largest absolute Gasteiger partial charge is 0.396 e. The molecule has 0 rings (SSSR count). The first kappa shape index (κ1) is 15.4. The smallest absolute Gasteiger partial charge is 0.153 e. The van der Waals surface area contributed by atoms with E-state index in [4.69, 9.17) is 33.4 Å². The van der Waals surface area contributed by atoms with Crippen LogP contribution in [0, 0.1) is 0 Å². The van der Waals surface area contributed by atoms with Gasteiger partial charge in [-0.05, 0) is 12.8 Å². The monoisotopic (exact) mass is 278 g/mol. The van der Waals surface area contributed by atoms with Gasteiger partial charge in [0.1, 0.15) is 0 Å². The summed E-state index contributed by atoms with van der Waals surface area (Å²) in [5.74, 6) is -0.381.